The average Bonchev–Trinajstić information content (AvgIpc) is 2.88. The highest BCUT2D eigenvalue weighted by molar-refractivity contribution is 9.11. The van der Waals surface area contributed by atoms with Gasteiger partial charge in [0, 0.05) is 13.0 Å². The van der Waals surface area contributed by atoms with E-state index in [4.69, 9.17) is 4.42 Å². The van der Waals surface area contributed by atoms with Crippen molar-refractivity contribution >= 4 is 27.3 Å². The van der Waals surface area contributed by atoms with Gasteiger partial charge in [0.05, 0.1) is 10.3 Å². The molecule has 0 amide bonds. The minimum Gasteiger partial charge on any atom is -0.465 e. The Morgan fingerprint density at radius 2 is 2.12 bits per heavy atom. The van der Waals surface area contributed by atoms with Crippen LogP contribution in [0.4, 0.5) is 0 Å². The first-order valence-corrected chi connectivity index (χ1v) is 6.96. The average molecular weight is 300 g/mol. The molecule has 2 rings (SSSR count). The number of hydrogen-bond acceptors (Lipinski definition) is 3. The molecule has 16 heavy (non-hydrogen) atoms. The SMILES string of the molecule is CCc1ccc(CNCc2csc(Br)c2)o1. The molecule has 0 aliphatic rings. The molecule has 0 radical (unpaired) electrons. The van der Waals surface area contributed by atoms with Crippen LogP contribution in [-0.4, -0.2) is 0 Å². The van der Waals surface area contributed by atoms with Crippen LogP contribution in [0.3, 0.4) is 0 Å². The molecule has 2 aromatic rings. The Hall–Kier alpha value is -0.580. The quantitative estimate of drug-likeness (QED) is 0.904. The van der Waals surface area contributed by atoms with E-state index in [-0.39, 0.29) is 0 Å². The Bertz CT molecular complexity index is 449. The van der Waals surface area contributed by atoms with Gasteiger partial charge in [0.25, 0.3) is 0 Å². The topological polar surface area (TPSA) is 25.2 Å². The third-order valence-corrected chi connectivity index (χ3v) is 3.87. The summed E-state index contributed by atoms with van der Waals surface area (Å²) in [5.74, 6) is 2.06. The summed E-state index contributed by atoms with van der Waals surface area (Å²) in [5, 5.41) is 5.51. The van der Waals surface area contributed by atoms with Gasteiger partial charge in [-0.15, -0.1) is 11.3 Å². The van der Waals surface area contributed by atoms with Crippen LogP contribution in [0.15, 0.2) is 31.8 Å². The highest BCUT2D eigenvalue weighted by Gasteiger charge is 2.01. The summed E-state index contributed by atoms with van der Waals surface area (Å²) in [7, 11) is 0. The van der Waals surface area contributed by atoms with Crippen LogP contribution < -0.4 is 5.32 Å². The summed E-state index contributed by atoms with van der Waals surface area (Å²) in [6.45, 7) is 3.76. The molecule has 1 N–H and O–H groups in total. The third kappa shape index (κ3) is 3.20. The number of halogens is 1. The van der Waals surface area contributed by atoms with E-state index in [0.29, 0.717) is 0 Å². The van der Waals surface area contributed by atoms with Crippen molar-refractivity contribution in [3.05, 3.63) is 44.4 Å². The fourth-order valence-electron chi connectivity index (χ4n) is 1.48. The number of furan rings is 1. The fourth-order valence-corrected chi connectivity index (χ4v) is 2.69. The lowest BCUT2D eigenvalue weighted by Gasteiger charge is -2.00. The molecule has 0 aliphatic heterocycles. The molecule has 0 fully saturated rings. The van der Waals surface area contributed by atoms with E-state index in [1.165, 1.54) is 9.35 Å². The minimum atomic E-state index is 0.785. The van der Waals surface area contributed by atoms with Crippen molar-refractivity contribution < 1.29 is 4.42 Å². The van der Waals surface area contributed by atoms with Crippen molar-refractivity contribution in [2.75, 3.05) is 0 Å². The zero-order chi connectivity index (χ0) is 11.4. The van der Waals surface area contributed by atoms with Crippen molar-refractivity contribution in [2.24, 2.45) is 0 Å². The summed E-state index contributed by atoms with van der Waals surface area (Å²) in [6.07, 6.45) is 0.956. The van der Waals surface area contributed by atoms with Gasteiger partial charge < -0.3 is 9.73 Å². The highest BCUT2D eigenvalue weighted by atomic mass is 79.9. The van der Waals surface area contributed by atoms with E-state index in [9.17, 15) is 0 Å². The number of nitrogens with one attached hydrogen (secondary N) is 1. The van der Waals surface area contributed by atoms with Gasteiger partial charge in [0.2, 0.25) is 0 Å². The van der Waals surface area contributed by atoms with E-state index in [0.717, 1.165) is 31.0 Å². The maximum Gasteiger partial charge on any atom is 0.117 e. The molecule has 0 aliphatic carbocycles. The van der Waals surface area contributed by atoms with E-state index in [1.54, 1.807) is 11.3 Å². The molecule has 0 saturated carbocycles. The molecule has 0 atom stereocenters. The maximum absolute atomic E-state index is 5.61. The van der Waals surface area contributed by atoms with Gasteiger partial charge in [-0.2, -0.15) is 0 Å². The largest absolute Gasteiger partial charge is 0.465 e. The number of thiophene rings is 1. The first-order chi connectivity index (χ1) is 7.78. The van der Waals surface area contributed by atoms with Gasteiger partial charge >= 0.3 is 0 Å². The lowest BCUT2D eigenvalue weighted by atomic mass is 10.3. The van der Waals surface area contributed by atoms with Crippen LogP contribution in [0.2, 0.25) is 0 Å². The van der Waals surface area contributed by atoms with E-state index >= 15 is 0 Å². The molecule has 2 nitrogen and oxygen atoms in total. The molecule has 0 saturated heterocycles. The molecule has 0 spiro atoms. The van der Waals surface area contributed by atoms with Crippen LogP contribution in [-0.2, 0) is 19.5 Å². The van der Waals surface area contributed by atoms with Crippen LogP contribution in [0.5, 0.6) is 0 Å². The van der Waals surface area contributed by atoms with Crippen LogP contribution in [0.25, 0.3) is 0 Å². The monoisotopic (exact) mass is 299 g/mol. The van der Waals surface area contributed by atoms with Crippen molar-refractivity contribution in [1.82, 2.24) is 5.32 Å². The predicted octanol–water partition coefficient (Wildman–Crippen LogP) is 3.96. The Morgan fingerprint density at radius 3 is 2.75 bits per heavy atom. The zero-order valence-electron chi connectivity index (χ0n) is 9.13. The van der Waals surface area contributed by atoms with E-state index in [2.05, 4.69) is 39.6 Å². The standard InChI is InChI=1S/C12H14BrNOS/c1-2-10-3-4-11(15-10)7-14-6-9-5-12(13)16-8-9/h3-5,8,14H,2,6-7H2,1H3. The zero-order valence-corrected chi connectivity index (χ0v) is 11.5. The molecular formula is C12H14BrNOS. The number of rotatable bonds is 5. The first-order valence-electron chi connectivity index (χ1n) is 5.29. The summed E-state index contributed by atoms with van der Waals surface area (Å²) < 4.78 is 6.78. The smallest absolute Gasteiger partial charge is 0.117 e. The lowest BCUT2D eigenvalue weighted by Crippen LogP contribution is -2.11. The summed E-state index contributed by atoms with van der Waals surface area (Å²) in [4.78, 5) is 0. The maximum atomic E-state index is 5.61. The van der Waals surface area contributed by atoms with E-state index < -0.39 is 0 Å². The highest BCUT2D eigenvalue weighted by Crippen LogP contribution is 2.20. The summed E-state index contributed by atoms with van der Waals surface area (Å²) in [5.41, 5.74) is 1.30. The summed E-state index contributed by atoms with van der Waals surface area (Å²) in [6, 6.07) is 6.21. The number of hydrogen-bond donors (Lipinski definition) is 1. The second-order valence-electron chi connectivity index (χ2n) is 3.58. The van der Waals surface area contributed by atoms with Crippen molar-refractivity contribution in [3.8, 4) is 0 Å². The van der Waals surface area contributed by atoms with Gasteiger partial charge in [-0.1, -0.05) is 6.92 Å². The predicted molar refractivity (Wildman–Crippen MR) is 70.6 cm³/mol. The molecular weight excluding hydrogens is 286 g/mol. The van der Waals surface area contributed by atoms with Crippen molar-refractivity contribution in [1.29, 1.82) is 0 Å². The second-order valence-corrected chi connectivity index (χ2v) is 5.87. The van der Waals surface area contributed by atoms with E-state index in [1.807, 2.05) is 12.1 Å². The number of aryl methyl sites for hydroxylation is 1. The fraction of sp³-hybridized carbons (Fsp3) is 0.333. The molecule has 2 heterocycles. The Kier molecular flexibility index (Phi) is 4.21. The third-order valence-electron chi connectivity index (χ3n) is 2.32. The van der Waals surface area contributed by atoms with Crippen molar-refractivity contribution in [2.45, 2.75) is 26.4 Å². The van der Waals surface area contributed by atoms with Gasteiger partial charge in [-0.25, -0.2) is 0 Å². The first kappa shape index (κ1) is 11.9. The van der Waals surface area contributed by atoms with Crippen LogP contribution in [0.1, 0.15) is 24.0 Å². The van der Waals surface area contributed by atoms with Crippen LogP contribution in [0, 0.1) is 0 Å². The van der Waals surface area contributed by atoms with Crippen LogP contribution >= 0.6 is 27.3 Å². The van der Waals surface area contributed by atoms with Gasteiger partial charge in [-0.05, 0) is 45.1 Å². The Balaban J connectivity index is 1.79. The second kappa shape index (κ2) is 5.66. The van der Waals surface area contributed by atoms with Gasteiger partial charge in [0.15, 0.2) is 0 Å². The molecule has 4 heteroatoms. The van der Waals surface area contributed by atoms with Gasteiger partial charge in [-0.3, -0.25) is 0 Å². The molecule has 86 valence electrons. The Labute approximate surface area is 108 Å². The Morgan fingerprint density at radius 1 is 1.31 bits per heavy atom. The molecule has 0 bridgehead atoms. The van der Waals surface area contributed by atoms with Gasteiger partial charge in [0.1, 0.15) is 11.5 Å². The lowest BCUT2D eigenvalue weighted by molar-refractivity contribution is 0.450. The molecule has 0 aromatic carbocycles. The molecule has 0 unspecified atom stereocenters. The summed E-state index contributed by atoms with van der Waals surface area (Å²) >= 11 is 5.17. The van der Waals surface area contributed by atoms with Crippen molar-refractivity contribution in [3.63, 3.8) is 0 Å². The molecule has 2 aromatic heterocycles. The normalized spacial score (nSPS) is 10.9. The minimum absolute atomic E-state index is 0.785.